The molecule has 0 spiro atoms. The van der Waals surface area contributed by atoms with Crippen molar-refractivity contribution >= 4 is 46.2 Å². The van der Waals surface area contributed by atoms with Gasteiger partial charge < -0.3 is 29.7 Å². The third-order valence-electron chi connectivity index (χ3n) is 8.94. The van der Waals surface area contributed by atoms with E-state index < -0.39 is 24.2 Å². The molecule has 2 aromatic carbocycles. The van der Waals surface area contributed by atoms with E-state index in [0.717, 1.165) is 46.6 Å². The lowest BCUT2D eigenvalue weighted by Crippen LogP contribution is -2.48. The quantitative estimate of drug-likeness (QED) is 0.486. The Morgan fingerprint density at radius 2 is 1.67 bits per heavy atom. The number of hydrogen-bond donors (Lipinski definition) is 2. The predicted molar refractivity (Wildman–Crippen MR) is 152 cm³/mol. The summed E-state index contributed by atoms with van der Waals surface area (Å²) in [6.45, 7) is 13.2. The molecule has 0 radical (unpaired) electrons. The van der Waals surface area contributed by atoms with Crippen molar-refractivity contribution in [2.45, 2.75) is 84.2 Å². The second-order valence-corrected chi connectivity index (χ2v) is 12.7. The monoisotopic (exact) mass is 531 g/mol. The zero-order valence-electron chi connectivity index (χ0n) is 23.7. The first-order valence-electron chi connectivity index (χ1n) is 14.1. The van der Waals surface area contributed by atoms with Crippen molar-refractivity contribution in [3.63, 3.8) is 0 Å². The molecular weight excluding hydrogens is 493 g/mol. The second-order valence-electron chi connectivity index (χ2n) is 12.7. The van der Waals surface area contributed by atoms with E-state index in [1.54, 1.807) is 0 Å². The van der Waals surface area contributed by atoms with Crippen LogP contribution >= 0.6 is 0 Å². The number of hydrogen-bond acceptors (Lipinski definition) is 5. The van der Waals surface area contributed by atoms with Crippen LogP contribution in [0, 0.1) is 5.92 Å². The van der Waals surface area contributed by atoms with Crippen molar-refractivity contribution in [2.75, 3.05) is 13.1 Å². The highest BCUT2D eigenvalue weighted by Gasteiger charge is 2.52. The first kappa shape index (κ1) is 26.4. The Kier molecular flexibility index (Phi) is 6.13. The van der Waals surface area contributed by atoms with Gasteiger partial charge in [0.05, 0.1) is 34.5 Å². The van der Waals surface area contributed by atoms with Crippen LogP contribution in [0.3, 0.4) is 0 Å². The lowest BCUT2D eigenvalue weighted by atomic mass is 9.72. The van der Waals surface area contributed by atoms with E-state index in [1.165, 1.54) is 0 Å². The van der Waals surface area contributed by atoms with E-state index in [-0.39, 0.29) is 18.1 Å². The Balaban J connectivity index is 1.48. The molecule has 3 fully saturated rings. The van der Waals surface area contributed by atoms with Gasteiger partial charge >= 0.3 is 7.12 Å². The largest absolute Gasteiger partial charge is 0.495 e. The SMILES string of the molecule is CC1CN(C(=O)c2ccc3c(c2)[nH]c2c(C(N)=O)c(CC4CC4)c(B4OC(C)(C)C(C)(C)O4)cc23)CC(C)O1. The molecule has 1 saturated carbocycles. The van der Waals surface area contributed by atoms with Crippen LogP contribution in [0.1, 0.15) is 80.7 Å². The highest BCUT2D eigenvalue weighted by atomic mass is 16.7. The Bertz CT molecular complexity index is 1470. The molecular formula is C30H38BN3O5. The fraction of sp³-hybridized carbons (Fsp3) is 0.533. The number of aromatic nitrogens is 1. The zero-order valence-corrected chi connectivity index (χ0v) is 23.7. The highest BCUT2D eigenvalue weighted by molar-refractivity contribution is 6.63. The number of nitrogens with two attached hydrogens (primary N) is 1. The Labute approximate surface area is 229 Å². The summed E-state index contributed by atoms with van der Waals surface area (Å²) in [5.74, 6) is 0.0156. The number of carbonyl (C=O) groups is 2. The molecule has 2 unspecified atom stereocenters. The Morgan fingerprint density at radius 3 is 2.26 bits per heavy atom. The molecule has 206 valence electrons. The van der Waals surface area contributed by atoms with E-state index in [0.29, 0.717) is 35.7 Å². The molecule has 2 saturated heterocycles. The van der Waals surface area contributed by atoms with Crippen LogP contribution in [0.2, 0.25) is 0 Å². The summed E-state index contributed by atoms with van der Waals surface area (Å²) in [6, 6.07) is 7.78. The van der Waals surface area contributed by atoms with Crippen LogP contribution in [0.4, 0.5) is 0 Å². The lowest BCUT2D eigenvalue weighted by Gasteiger charge is -2.35. The number of nitrogens with one attached hydrogen (secondary N) is 1. The van der Waals surface area contributed by atoms with E-state index in [4.69, 9.17) is 19.8 Å². The number of rotatable bonds is 5. The number of ether oxygens (including phenoxy) is 1. The van der Waals surface area contributed by atoms with Crippen LogP contribution in [0.5, 0.6) is 0 Å². The Morgan fingerprint density at radius 1 is 1.03 bits per heavy atom. The molecule has 3 heterocycles. The maximum atomic E-state index is 13.4. The van der Waals surface area contributed by atoms with E-state index in [1.807, 2.05) is 64.6 Å². The topological polar surface area (TPSA) is 107 Å². The average molecular weight is 531 g/mol. The van der Waals surface area contributed by atoms with Crippen LogP contribution in [0.25, 0.3) is 21.8 Å². The van der Waals surface area contributed by atoms with Gasteiger partial charge in [0.1, 0.15) is 0 Å². The number of primary amides is 1. The summed E-state index contributed by atoms with van der Waals surface area (Å²) >= 11 is 0. The number of morpholine rings is 1. The van der Waals surface area contributed by atoms with Crippen LogP contribution in [-0.2, 0) is 20.5 Å². The standard InChI is InChI=1S/C30H38BN3O5/c1-16-14-34(15-17(2)37-16)28(36)19-9-10-20-21-13-23(31-38-29(3,4)30(5,6)39-31)22(11-18-7-8-18)25(27(32)35)26(21)33-24(20)12-19/h9-10,12-13,16-18,33H,7-8,11,14-15H2,1-6H3,(H2,32,35). The summed E-state index contributed by atoms with van der Waals surface area (Å²) in [4.78, 5) is 31.7. The molecule has 0 bridgehead atoms. The van der Waals surface area contributed by atoms with Gasteiger partial charge in [0.15, 0.2) is 0 Å². The molecule has 3 aromatic rings. The van der Waals surface area contributed by atoms with Crippen molar-refractivity contribution in [3.05, 3.63) is 41.0 Å². The number of benzene rings is 2. The smallest absolute Gasteiger partial charge is 0.399 e. The maximum Gasteiger partial charge on any atom is 0.495 e. The van der Waals surface area contributed by atoms with Crippen LogP contribution < -0.4 is 11.2 Å². The highest BCUT2D eigenvalue weighted by Crippen LogP contribution is 2.40. The van der Waals surface area contributed by atoms with Crippen molar-refractivity contribution in [2.24, 2.45) is 11.7 Å². The number of aromatic amines is 1. The normalized spacial score (nSPS) is 24.6. The predicted octanol–water partition coefficient (Wildman–Crippen LogP) is 3.92. The first-order valence-corrected chi connectivity index (χ1v) is 14.1. The van der Waals surface area contributed by atoms with Gasteiger partial charge in [-0.2, -0.15) is 0 Å². The van der Waals surface area contributed by atoms with Gasteiger partial charge in [-0.3, -0.25) is 9.59 Å². The minimum atomic E-state index is -0.609. The number of nitrogens with zero attached hydrogens (tertiary/aromatic N) is 1. The molecule has 2 aliphatic heterocycles. The summed E-state index contributed by atoms with van der Waals surface area (Å²) in [6.07, 6.45) is 3.00. The third-order valence-corrected chi connectivity index (χ3v) is 8.94. The second kappa shape index (κ2) is 9.08. The van der Waals surface area contributed by atoms with Gasteiger partial charge in [-0.05, 0) is 89.9 Å². The molecule has 1 aliphatic carbocycles. The van der Waals surface area contributed by atoms with Crippen molar-refractivity contribution in [1.82, 2.24) is 9.88 Å². The lowest BCUT2D eigenvalue weighted by molar-refractivity contribution is -0.0586. The fourth-order valence-electron chi connectivity index (χ4n) is 6.05. The number of carbonyl (C=O) groups excluding carboxylic acids is 2. The summed E-state index contributed by atoms with van der Waals surface area (Å²) in [5, 5.41) is 1.79. The van der Waals surface area contributed by atoms with E-state index in [2.05, 4.69) is 11.1 Å². The minimum Gasteiger partial charge on any atom is -0.399 e. The average Bonchev–Trinajstić information content (AvgIpc) is 3.54. The fourth-order valence-corrected chi connectivity index (χ4v) is 6.05. The first-order chi connectivity index (χ1) is 18.3. The molecule has 3 N–H and O–H groups in total. The Hall–Kier alpha value is -2.88. The van der Waals surface area contributed by atoms with Crippen LogP contribution in [-0.4, -0.2) is 65.3 Å². The van der Waals surface area contributed by atoms with Gasteiger partial charge in [-0.15, -0.1) is 0 Å². The summed E-state index contributed by atoms with van der Waals surface area (Å²) in [7, 11) is -0.609. The van der Waals surface area contributed by atoms with E-state index in [9.17, 15) is 9.59 Å². The number of amides is 2. The molecule has 2 atom stereocenters. The molecule has 9 heteroatoms. The van der Waals surface area contributed by atoms with Crippen molar-refractivity contribution in [3.8, 4) is 0 Å². The van der Waals surface area contributed by atoms with Gasteiger partial charge in [-0.25, -0.2) is 0 Å². The number of fused-ring (bicyclic) bond motifs is 3. The number of H-pyrrole nitrogens is 1. The van der Waals surface area contributed by atoms with Gasteiger partial charge in [0, 0.05) is 34.9 Å². The molecule has 2 amide bonds. The zero-order chi connectivity index (χ0) is 27.9. The van der Waals surface area contributed by atoms with Crippen molar-refractivity contribution < 1.29 is 23.6 Å². The van der Waals surface area contributed by atoms with Gasteiger partial charge in [0.25, 0.3) is 11.8 Å². The van der Waals surface area contributed by atoms with E-state index >= 15 is 0 Å². The molecule has 39 heavy (non-hydrogen) atoms. The summed E-state index contributed by atoms with van der Waals surface area (Å²) in [5.41, 5.74) is 9.37. The molecule has 6 rings (SSSR count). The third kappa shape index (κ3) is 4.54. The van der Waals surface area contributed by atoms with Gasteiger partial charge in [0.2, 0.25) is 0 Å². The van der Waals surface area contributed by atoms with Gasteiger partial charge in [-0.1, -0.05) is 12.1 Å². The van der Waals surface area contributed by atoms with Crippen LogP contribution in [0.15, 0.2) is 24.3 Å². The summed E-state index contributed by atoms with van der Waals surface area (Å²) < 4.78 is 18.7. The maximum absolute atomic E-state index is 13.4. The minimum absolute atomic E-state index is 0.00841. The molecule has 1 aromatic heterocycles. The molecule has 3 aliphatic rings. The van der Waals surface area contributed by atoms with Crippen molar-refractivity contribution in [1.29, 1.82) is 0 Å². The molecule has 8 nitrogen and oxygen atoms in total.